The van der Waals surface area contributed by atoms with E-state index in [0.29, 0.717) is 56.1 Å². The lowest BCUT2D eigenvalue weighted by Gasteiger charge is -2.55. The molecule has 7 rings (SSSR count). The van der Waals surface area contributed by atoms with Crippen LogP contribution in [-0.2, 0) is 21.6 Å². The molecule has 0 radical (unpaired) electrons. The van der Waals surface area contributed by atoms with Crippen LogP contribution in [0.4, 0.5) is 20.3 Å². The highest BCUT2D eigenvalue weighted by Crippen LogP contribution is 2.50. The van der Waals surface area contributed by atoms with Crippen LogP contribution < -0.4 is 9.80 Å². The van der Waals surface area contributed by atoms with Crippen molar-refractivity contribution in [3.05, 3.63) is 59.1 Å². The number of amides is 1. The van der Waals surface area contributed by atoms with Crippen molar-refractivity contribution in [2.45, 2.75) is 76.2 Å². The van der Waals surface area contributed by atoms with Gasteiger partial charge in [-0.05, 0) is 63.7 Å². The van der Waals surface area contributed by atoms with Crippen LogP contribution in [0.25, 0.3) is 0 Å². The number of piperazine rings is 1. The summed E-state index contributed by atoms with van der Waals surface area (Å²) in [6.07, 6.45) is 4.58. The zero-order chi connectivity index (χ0) is 29.2. The van der Waals surface area contributed by atoms with Crippen LogP contribution in [0.1, 0.15) is 73.2 Å². The summed E-state index contributed by atoms with van der Waals surface area (Å²) in [6.45, 7) is 13.1. The minimum atomic E-state index is -2.61. The van der Waals surface area contributed by atoms with E-state index in [0.717, 1.165) is 56.7 Å². The van der Waals surface area contributed by atoms with E-state index in [-0.39, 0.29) is 23.3 Å². The molecule has 0 unspecified atom stereocenters. The minimum Gasteiger partial charge on any atom is -0.365 e. The van der Waals surface area contributed by atoms with E-state index < -0.39 is 6.43 Å². The third-order valence-corrected chi connectivity index (χ3v) is 10.4. The lowest BCUT2D eigenvalue weighted by molar-refractivity contribution is -0.128. The first kappa shape index (κ1) is 27.7. The Kier molecular flexibility index (Phi) is 6.96. The number of carbonyl (C=O) groups is 1. The van der Waals surface area contributed by atoms with Crippen molar-refractivity contribution in [3.8, 4) is 0 Å². The van der Waals surface area contributed by atoms with Gasteiger partial charge in [0.25, 0.3) is 6.43 Å². The van der Waals surface area contributed by atoms with Crippen molar-refractivity contribution in [1.29, 1.82) is 0 Å². The zero-order valence-corrected chi connectivity index (χ0v) is 24.6. The average molecular weight is 579 g/mol. The molecule has 8 nitrogen and oxygen atoms in total. The monoisotopic (exact) mass is 578 g/mol. The van der Waals surface area contributed by atoms with Crippen molar-refractivity contribution in [3.63, 3.8) is 0 Å². The van der Waals surface area contributed by atoms with Gasteiger partial charge in [-0.15, -0.1) is 0 Å². The van der Waals surface area contributed by atoms with Crippen molar-refractivity contribution in [2.75, 3.05) is 55.6 Å². The van der Waals surface area contributed by atoms with Crippen LogP contribution in [0, 0.1) is 6.92 Å². The number of fused-ring (bicyclic) bond motifs is 5. The molecule has 2 aromatic rings. The molecule has 42 heavy (non-hydrogen) atoms. The van der Waals surface area contributed by atoms with Gasteiger partial charge in [0.15, 0.2) is 0 Å². The molecular formula is C32H40F2N6O2. The van der Waals surface area contributed by atoms with Gasteiger partial charge in [0.1, 0.15) is 11.5 Å². The van der Waals surface area contributed by atoms with E-state index >= 15 is 0 Å². The second-order valence-electron chi connectivity index (χ2n) is 12.5. The van der Waals surface area contributed by atoms with Crippen molar-refractivity contribution in [1.82, 2.24) is 19.8 Å². The van der Waals surface area contributed by atoms with Crippen LogP contribution in [-0.4, -0.2) is 83.6 Å². The lowest BCUT2D eigenvalue weighted by atomic mass is 9.82. The smallest absolute Gasteiger partial charge is 0.280 e. The number of piperidine rings is 1. The Hall–Kier alpha value is -3.11. The first-order valence-electron chi connectivity index (χ1n) is 15.4. The van der Waals surface area contributed by atoms with E-state index in [2.05, 4.69) is 57.2 Å². The van der Waals surface area contributed by atoms with E-state index in [9.17, 15) is 13.6 Å². The first-order chi connectivity index (χ1) is 20.3. The van der Waals surface area contributed by atoms with Crippen molar-refractivity contribution < 1.29 is 18.3 Å². The fourth-order valence-electron chi connectivity index (χ4n) is 8.22. The summed E-state index contributed by atoms with van der Waals surface area (Å²) in [4.78, 5) is 30.1. The molecule has 0 aromatic carbocycles. The maximum Gasteiger partial charge on any atom is 0.280 e. The number of aryl methyl sites for hydroxylation is 1. The van der Waals surface area contributed by atoms with Gasteiger partial charge in [0.2, 0.25) is 5.91 Å². The maximum atomic E-state index is 14.5. The van der Waals surface area contributed by atoms with Gasteiger partial charge in [0, 0.05) is 87.0 Å². The van der Waals surface area contributed by atoms with Gasteiger partial charge in [-0.25, -0.2) is 13.8 Å². The highest BCUT2D eigenvalue weighted by molar-refractivity contribution is 5.87. The fraction of sp³-hybridized carbons (Fsp3) is 0.594. The van der Waals surface area contributed by atoms with Gasteiger partial charge in [-0.1, -0.05) is 6.58 Å². The third-order valence-electron chi connectivity index (χ3n) is 10.4. The van der Waals surface area contributed by atoms with Crippen LogP contribution in [0.5, 0.6) is 0 Å². The molecule has 3 fully saturated rings. The Morgan fingerprint density at radius 1 is 1.17 bits per heavy atom. The third kappa shape index (κ3) is 4.40. The Labute approximate surface area is 246 Å². The summed E-state index contributed by atoms with van der Waals surface area (Å²) in [5.74, 6) is 0.634. The van der Waals surface area contributed by atoms with Crippen molar-refractivity contribution in [2.24, 2.45) is 0 Å². The minimum absolute atomic E-state index is 0.0125. The van der Waals surface area contributed by atoms with E-state index in [1.54, 1.807) is 0 Å². The average Bonchev–Trinajstić information content (AvgIpc) is 3.17. The molecule has 224 valence electrons. The molecule has 0 N–H and O–H groups in total. The molecule has 0 saturated carbocycles. The van der Waals surface area contributed by atoms with Gasteiger partial charge in [0.05, 0.1) is 17.4 Å². The second kappa shape index (κ2) is 10.6. The molecule has 5 aliphatic heterocycles. The Morgan fingerprint density at radius 3 is 2.64 bits per heavy atom. The lowest BCUT2D eigenvalue weighted by Crippen LogP contribution is -2.69. The molecule has 10 heteroatoms. The molecule has 5 aliphatic rings. The standard InChI is InChI=1S/C32H40F2N6O2/c1-4-27(41)39-16-14-37(15-17-39)25-19-40-23(25)7-5-6-22-24(40)18-26(36-30(22)31(33)34)38-12-9-32(10-13-38)28-20(2)8-11-35-29(28)21(3)42-32/h4,8,11,18,21,23,25,31H,1,5-7,9-10,12-17,19H2,2-3H3/t21-,23+,25-/m1/s1. The number of rotatable bonds is 4. The van der Waals surface area contributed by atoms with Gasteiger partial charge in [-0.3, -0.25) is 14.7 Å². The molecule has 1 amide bonds. The predicted molar refractivity (Wildman–Crippen MR) is 157 cm³/mol. The Bertz CT molecular complexity index is 1390. The van der Waals surface area contributed by atoms with Gasteiger partial charge < -0.3 is 19.4 Å². The quantitative estimate of drug-likeness (QED) is 0.494. The van der Waals surface area contributed by atoms with E-state index in [1.165, 1.54) is 17.2 Å². The summed E-state index contributed by atoms with van der Waals surface area (Å²) >= 11 is 0. The Balaban J connectivity index is 1.11. The number of hydrogen-bond acceptors (Lipinski definition) is 7. The summed E-state index contributed by atoms with van der Waals surface area (Å²) in [5.41, 5.74) is 4.66. The Morgan fingerprint density at radius 2 is 1.93 bits per heavy atom. The van der Waals surface area contributed by atoms with Gasteiger partial charge in [-0.2, -0.15) is 0 Å². The number of carbonyl (C=O) groups excluding carboxylic acids is 1. The molecule has 0 aliphatic carbocycles. The number of anilines is 2. The first-order valence-corrected chi connectivity index (χ1v) is 15.4. The number of nitrogens with zero attached hydrogens (tertiary/aromatic N) is 6. The van der Waals surface area contributed by atoms with Crippen molar-refractivity contribution >= 4 is 17.4 Å². The maximum absolute atomic E-state index is 14.5. The van der Waals surface area contributed by atoms with Gasteiger partial charge >= 0.3 is 0 Å². The van der Waals surface area contributed by atoms with E-state index in [1.807, 2.05) is 11.1 Å². The SMILES string of the molecule is C=CC(=O)N1CCN([C@@H]2CN3c4cc(N5CCC6(CC5)O[C@H](C)c5nccc(C)c56)nc(C(F)F)c4CCC[C@@H]23)CC1. The second-order valence-corrected chi connectivity index (χ2v) is 12.5. The molecule has 0 bridgehead atoms. The largest absolute Gasteiger partial charge is 0.365 e. The predicted octanol–water partition coefficient (Wildman–Crippen LogP) is 4.53. The topological polar surface area (TPSA) is 65.0 Å². The number of halogens is 2. The number of hydrogen-bond donors (Lipinski definition) is 0. The number of alkyl halides is 2. The fourth-order valence-corrected chi connectivity index (χ4v) is 8.22. The number of pyridine rings is 2. The van der Waals surface area contributed by atoms with Crippen LogP contribution in [0.15, 0.2) is 31.0 Å². The van der Waals surface area contributed by atoms with E-state index in [4.69, 9.17) is 4.74 Å². The van der Waals surface area contributed by atoms with Crippen LogP contribution in [0.2, 0.25) is 0 Å². The molecule has 7 heterocycles. The highest BCUT2D eigenvalue weighted by Gasteiger charge is 2.48. The molecular weight excluding hydrogens is 538 g/mol. The molecule has 3 atom stereocenters. The molecule has 2 aromatic heterocycles. The normalized spacial score (nSPS) is 26.9. The van der Waals surface area contributed by atoms with Crippen LogP contribution >= 0.6 is 0 Å². The highest BCUT2D eigenvalue weighted by atomic mass is 19.3. The molecule has 1 spiro atoms. The summed E-state index contributed by atoms with van der Waals surface area (Å²) in [5, 5.41) is 0. The summed E-state index contributed by atoms with van der Waals surface area (Å²) in [7, 11) is 0. The summed E-state index contributed by atoms with van der Waals surface area (Å²) in [6, 6.07) is 4.79. The number of ether oxygens (including phenoxy) is 1. The van der Waals surface area contributed by atoms with Crippen LogP contribution in [0.3, 0.4) is 0 Å². The summed E-state index contributed by atoms with van der Waals surface area (Å²) < 4.78 is 35.6. The zero-order valence-electron chi connectivity index (χ0n) is 24.6. The molecule has 3 saturated heterocycles. The number of aromatic nitrogens is 2.